The number of rotatable bonds is 10. The van der Waals surface area contributed by atoms with E-state index in [4.69, 9.17) is 0 Å². The SMILES string of the molecule is CCCCCC1CC(CCC)CCC1CNCC(C)C. The average Bonchev–Trinajstić information content (AvgIpc) is 2.41. The first-order valence-corrected chi connectivity index (χ1v) is 9.38. The summed E-state index contributed by atoms with van der Waals surface area (Å²) >= 11 is 0. The molecule has 0 spiro atoms. The first-order valence-electron chi connectivity index (χ1n) is 9.38. The number of hydrogen-bond acceptors (Lipinski definition) is 1. The molecule has 20 heavy (non-hydrogen) atoms. The van der Waals surface area contributed by atoms with E-state index in [0.717, 1.165) is 23.7 Å². The highest BCUT2D eigenvalue weighted by Gasteiger charge is 2.29. The molecule has 1 aliphatic carbocycles. The smallest absolute Gasteiger partial charge is 0.00178 e. The average molecular weight is 282 g/mol. The summed E-state index contributed by atoms with van der Waals surface area (Å²) in [5.41, 5.74) is 0. The summed E-state index contributed by atoms with van der Waals surface area (Å²) in [7, 11) is 0. The third-order valence-corrected chi connectivity index (χ3v) is 5.08. The molecule has 0 saturated heterocycles. The van der Waals surface area contributed by atoms with Gasteiger partial charge in [-0.1, -0.05) is 72.6 Å². The Kier molecular flexibility index (Phi) is 9.59. The van der Waals surface area contributed by atoms with Gasteiger partial charge in [-0.25, -0.2) is 0 Å². The van der Waals surface area contributed by atoms with Crippen molar-refractivity contribution in [2.24, 2.45) is 23.7 Å². The van der Waals surface area contributed by atoms with Crippen LogP contribution >= 0.6 is 0 Å². The summed E-state index contributed by atoms with van der Waals surface area (Å²) in [4.78, 5) is 0. The topological polar surface area (TPSA) is 12.0 Å². The Labute approximate surface area is 128 Å². The van der Waals surface area contributed by atoms with E-state index in [1.165, 1.54) is 70.9 Å². The van der Waals surface area contributed by atoms with Gasteiger partial charge in [0.25, 0.3) is 0 Å². The molecule has 0 bridgehead atoms. The Morgan fingerprint density at radius 3 is 2.40 bits per heavy atom. The van der Waals surface area contributed by atoms with Crippen molar-refractivity contribution in [3.8, 4) is 0 Å². The van der Waals surface area contributed by atoms with E-state index < -0.39 is 0 Å². The maximum absolute atomic E-state index is 3.72. The Morgan fingerprint density at radius 2 is 1.75 bits per heavy atom. The Hall–Kier alpha value is -0.0400. The fourth-order valence-corrected chi connectivity index (χ4v) is 3.93. The maximum atomic E-state index is 3.72. The van der Waals surface area contributed by atoms with Crippen molar-refractivity contribution in [1.82, 2.24) is 5.32 Å². The van der Waals surface area contributed by atoms with Gasteiger partial charge in [-0.2, -0.15) is 0 Å². The molecule has 1 saturated carbocycles. The minimum absolute atomic E-state index is 0.782. The lowest BCUT2D eigenvalue weighted by atomic mass is 9.71. The van der Waals surface area contributed by atoms with Gasteiger partial charge >= 0.3 is 0 Å². The van der Waals surface area contributed by atoms with Gasteiger partial charge in [-0.05, 0) is 49.6 Å². The van der Waals surface area contributed by atoms with Crippen molar-refractivity contribution in [3.63, 3.8) is 0 Å². The van der Waals surface area contributed by atoms with Gasteiger partial charge < -0.3 is 5.32 Å². The lowest BCUT2D eigenvalue weighted by Gasteiger charge is -2.37. The Bertz CT molecular complexity index is 224. The number of nitrogens with one attached hydrogen (secondary N) is 1. The van der Waals surface area contributed by atoms with Crippen LogP contribution in [-0.2, 0) is 0 Å². The standard InChI is InChI=1S/C19H39N/c1-5-7-8-10-18-13-17(9-6-2)11-12-19(18)15-20-14-16(3)4/h16-20H,5-15H2,1-4H3. The summed E-state index contributed by atoms with van der Waals surface area (Å²) in [6.07, 6.45) is 13.1. The zero-order valence-electron chi connectivity index (χ0n) is 14.6. The first-order chi connectivity index (χ1) is 9.67. The lowest BCUT2D eigenvalue weighted by molar-refractivity contribution is 0.156. The van der Waals surface area contributed by atoms with Crippen molar-refractivity contribution >= 4 is 0 Å². The van der Waals surface area contributed by atoms with Crippen LogP contribution in [-0.4, -0.2) is 13.1 Å². The van der Waals surface area contributed by atoms with E-state index in [1.807, 2.05) is 0 Å². The quantitative estimate of drug-likeness (QED) is 0.511. The van der Waals surface area contributed by atoms with Gasteiger partial charge in [0.1, 0.15) is 0 Å². The third-order valence-electron chi connectivity index (χ3n) is 5.08. The van der Waals surface area contributed by atoms with Crippen LogP contribution in [0, 0.1) is 23.7 Å². The molecule has 0 aromatic heterocycles. The van der Waals surface area contributed by atoms with Gasteiger partial charge in [-0.15, -0.1) is 0 Å². The normalized spacial score (nSPS) is 27.1. The second-order valence-corrected chi connectivity index (χ2v) is 7.54. The Balaban J connectivity index is 2.38. The molecule has 0 aromatic carbocycles. The second kappa shape index (κ2) is 10.7. The molecule has 1 heteroatoms. The highest BCUT2D eigenvalue weighted by molar-refractivity contribution is 4.81. The molecule has 3 atom stereocenters. The zero-order chi connectivity index (χ0) is 14.8. The van der Waals surface area contributed by atoms with E-state index in [0.29, 0.717) is 0 Å². The maximum Gasteiger partial charge on any atom is -0.00178 e. The summed E-state index contributed by atoms with van der Waals surface area (Å²) in [6, 6.07) is 0. The van der Waals surface area contributed by atoms with Gasteiger partial charge in [0, 0.05) is 0 Å². The predicted molar refractivity (Wildman–Crippen MR) is 91.1 cm³/mol. The van der Waals surface area contributed by atoms with Crippen LogP contribution in [0.2, 0.25) is 0 Å². The fourth-order valence-electron chi connectivity index (χ4n) is 3.93. The second-order valence-electron chi connectivity index (χ2n) is 7.54. The summed E-state index contributed by atoms with van der Waals surface area (Å²) < 4.78 is 0. The van der Waals surface area contributed by atoms with Crippen molar-refractivity contribution in [2.45, 2.75) is 85.5 Å². The Morgan fingerprint density at radius 1 is 0.950 bits per heavy atom. The molecule has 1 rings (SSSR count). The van der Waals surface area contributed by atoms with Crippen LogP contribution in [0.1, 0.15) is 85.5 Å². The van der Waals surface area contributed by atoms with Gasteiger partial charge in [0.05, 0.1) is 0 Å². The molecule has 1 fully saturated rings. The van der Waals surface area contributed by atoms with Crippen LogP contribution in [0.5, 0.6) is 0 Å². The van der Waals surface area contributed by atoms with Crippen LogP contribution in [0.15, 0.2) is 0 Å². The van der Waals surface area contributed by atoms with E-state index in [2.05, 4.69) is 33.0 Å². The summed E-state index contributed by atoms with van der Waals surface area (Å²) in [5, 5.41) is 3.72. The van der Waals surface area contributed by atoms with E-state index in [-0.39, 0.29) is 0 Å². The molecule has 0 amide bonds. The van der Waals surface area contributed by atoms with Crippen molar-refractivity contribution in [2.75, 3.05) is 13.1 Å². The van der Waals surface area contributed by atoms with Crippen LogP contribution in [0.3, 0.4) is 0 Å². The summed E-state index contributed by atoms with van der Waals surface area (Å²) in [5.74, 6) is 3.78. The molecule has 0 aliphatic heterocycles. The first kappa shape index (κ1) is 18.0. The zero-order valence-corrected chi connectivity index (χ0v) is 14.6. The third kappa shape index (κ3) is 7.11. The van der Waals surface area contributed by atoms with Gasteiger partial charge in [-0.3, -0.25) is 0 Å². The molecule has 0 radical (unpaired) electrons. The predicted octanol–water partition coefficient (Wildman–Crippen LogP) is 5.64. The molecule has 1 nitrogen and oxygen atoms in total. The van der Waals surface area contributed by atoms with Crippen molar-refractivity contribution in [3.05, 3.63) is 0 Å². The van der Waals surface area contributed by atoms with Crippen LogP contribution in [0.25, 0.3) is 0 Å². The molecule has 1 N–H and O–H groups in total. The van der Waals surface area contributed by atoms with Gasteiger partial charge in [0.15, 0.2) is 0 Å². The monoisotopic (exact) mass is 281 g/mol. The molecule has 120 valence electrons. The van der Waals surface area contributed by atoms with Crippen molar-refractivity contribution < 1.29 is 0 Å². The van der Waals surface area contributed by atoms with Crippen molar-refractivity contribution in [1.29, 1.82) is 0 Å². The largest absolute Gasteiger partial charge is 0.316 e. The molecule has 0 heterocycles. The van der Waals surface area contributed by atoms with E-state index >= 15 is 0 Å². The van der Waals surface area contributed by atoms with Crippen LogP contribution < -0.4 is 5.32 Å². The molecule has 1 aliphatic rings. The minimum atomic E-state index is 0.782. The van der Waals surface area contributed by atoms with E-state index in [1.54, 1.807) is 0 Å². The van der Waals surface area contributed by atoms with Gasteiger partial charge in [0.2, 0.25) is 0 Å². The lowest BCUT2D eigenvalue weighted by Crippen LogP contribution is -2.34. The summed E-state index contributed by atoms with van der Waals surface area (Å²) in [6.45, 7) is 11.8. The molecule has 3 unspecified atom stereocenters. The number of hydrogen-bond donors (Lipinski definition) is 1. The number of unbranched alkanes of at least 4 members (excludes halogenated alkanes) is 2. The highest BCUT2D eigenvalue weighted by atomic mass is 14.9. The van der Waals surface area contributed by atoms with E-state index in [9.17, 15) is 0 Å². The molecular formula is C19H39N. The minimum Gasteiger partial charge on any atom is -0.316 e. The van der Waals surface area contributed by atoms with Crippen LogP contribution in [0.4, 0.5) is 0 Å². The fraction of sp³-hybridized carbons (Fsp3) is 1.00. The molecule has 0 aromatic rings. The molecular weight excluding hydrogens is 242 g/mol. The highest BCUT2D eigenvalue weighted by Crippen LogP contribution is 2.38.